The first kappa shape index (κ1) is 13.1. The van der Waals surface area contributed by atoms with E-state index in [-0.39, 0.29) is 12.1 Å². The number of nitrogens with zero attached hydrogens (tertiary/aromatic N) is 2. The molecule has 1 rings (SSSR count). The van der Waals surface area contributed by atoms with Gasteiger partial charge in [-0.05, 0) is 38.4 Å². The van der Waals surface area contributed by atoms with Crippen molar-refractivity contribution in [3.05, 3.63) is 24.0 Å². The van der Waals surface area contributed by atoms with Crippen molar-refractivity contribution in [1.82, 2.24) is 15.5 Å². The Morgan fingerprint density at radius 3 is 2.75 bits per heavy atom. The summed E-state index contributed by atoms with van der Waals surface area (Å²) in [5, 5.41) is 11.1. The van der Waals surface area contributed by atoms with Crippen LogP contribution in [0.2, 0.25) is 0 Å². The maximum atomic E-state index is 5.64. The molecular weight excluding hydrogens is 202 g/mol. The highest BCUT2D eigenvalue weighted by Crippen LogP contribution is 2.12. The largest absolute Gasteiger partial charge is 0.377 e. The Morgan fingerprint density at radius 1 is 1.38 bits per heavy atom. The van der Waals surface area contributed by atoms with Gasteiger partial charge in [-0.3, -0.25) is 0 Å². The van der Waals surface area contributed by atoms with Crippen LogP contribution in [0, 0.1) is 0 Å². The first-order valence-electron chi connectivity index (χ1n) is 5.85. The highest BCUT2D eigenvalue weighted by molar-refractivity contribution is 5.11. The molecule has 1 heterocycles. The summed E-state index contributed by atoms with van der Waals surface area (Å²) in [7, 11) is 0. The zero-order valence-corrected chi connectivity index (χ0v) is 10.3. The topological polar surface area (TPSA) is 47.0 Å². The summed E-state index contributed by atoms with van der Waals surface area (Å²) in [6.45, 7) is 7.89. The average molecular weight is 223 g/mol. The Balaban J connectivity index is 2.56. The minimum atomic E-state index is 0.206. The van der Waals surface area contributed by atoms with Gasteiger partial charge in [0.15, 0.2) is 0 Å². The third-order valence-corrected chi connectivity index (χ3v) is 2.25. The van der Waals surface area contributed by atoms with Gasteiger partial charge in [0.25, 0.3) is 0 Å². The van der Waals surface area contributed by atoms with Crippen LogP contribution in [-0.4, -0.2) is 29.5 Å². The zero-order chi connectivity index (χ0) is 11.8. The molecule has 1 N–H and O–H groups in total. The molecule has 0 saturated heterocycles. The Kier molecular flexibility index (Phi) is 5.96. The van der Waals surface area contributed by atoms with Crippen molar-refractivity contribution in [2.24, 2.45) is 0 Å². The molecule has 0 fully saturated rings. The number of rotatable bonds is 7. The summed E-state index contributed by atoms with van der Waals surface area (Å²) < 4.78 is 5.64. The second-order valence-electron chi connectivity index (χ2n) is 4.06. The smallest absolute Gasteiger partial charge is 0.0665 e. The molecule has 1 unspecified atom stereocenters. The molecule has 0 aliphatic heterocycles. The van der Waals surface area contributed by atoms with Crippen molar-refractivity contribution >= 4 is 0 Å². The number of hydrogen-bond acceptors (Lipinski definition) is 4. The average Bonchev–Trinajstić information content (AvgIpc) is 2.30. The Labute approximate surface area is 97.4 Å². The molecule has 0 amide bonds. The lowest BCUT2D eigenvalue weighted by Gasteiger charge is -2.19. The minimum Gasteiger partial charge on any atom is -0.377 e. The number of ether oxygens (including phenoxy) is 1. The van der Waals surface area contributed by atoms with Crippen LogP contribution in [0.3, 0.4) is 0 Å². The van der Waals surface area contributed by atoms with Gasteiger partial charge in [-0.25, -0.2) is 0 Å². The van der Waals surface area contributed by atoms with Gasteiger partial charge in [0.2, 0.25) is 0 Å². The fraction of sp³-hybridized carbons (Fsp3) is 0.667. The highest BCUT2D eigenvalue weighted by Gasteiger charge is 2.11. The molecule has 1 atom stereocenters. The van der Waals surface area contributed by atoms with E-state index in [1.165, 1.54) is 0 Å². The molecule has 0 aliphatic carbocycles. The molecule has 0 aliphatic rings. The molecule has 90 valence electrons. The summed E-state index contributed by atoms with van der Waals surface area (Å²) in [6.07, 6.45) is 4.86. The third-order valence-electron chi connectivity index (χ3n) is 2.25. The third kappa shape index (κ3) is 4.68. The van der Waals surface area contributed by atoms with Crippen molar-refractivity contribution in [3.8, 4) is 0 Å². The lowest BCUT2D eigenvalue weighted by Crippen LogP contribution is -2.27. The molecule has 0 spiro atoms. The number of aromatic nitrogens is 2. The van der Waals surface area contributed by atoms with E-state index in [1.54, 1.807) is 12.4 Å². The first-order valence-corrected chi connectivity index (χ1v) is 5.85. The van der Waals surface area contributed by atoms with Crippen molar-refractivity contribution in [2.45, 2.75) is 39.3 Å². The summed E-state index contributed by atoms with van der Waals surface area (Å²) in [4.78, 5) is 0. The summed E-state index contributed by atoms with van der Waals surface area (Å²) in [5.41, 5.74) is 1.13. The van der Waals surface area contributed by atoms with Crippen LogP contribution >= 0.6 is 0 Å². The zero-order valence-electron chi connectivity index (χ0n) is 10.3. The lowest BCUT2D eigenvalue weighted by molar-refractivity contribution is 0.0610. The van der Waals surface area contributed by atoms with E-state index in [1.807, 2.05) is 19.9 Å². The van der Waals surface area contributed by atoms with Gasteiger partial charge in [0.1, 0.15) is 0 Å². The van der Waals surface area contributed by atoms with Gasteiger partial charge < -0.3 is 10.1 Å². The fourth-order valence-corrected chi connectivity index (χ4v) is 1.39. The first-order chi connectivity index (χ1) is 7.74. The van der Waals surface area contributed by atoms with Crippen LogP contribution in [0.25, 0.3) is 0 Å². The van der Waals surface area contributed by atoms with Crippen LogP contribution in [0.5, 0.6) is 0 Å². The molecule has 1 aromatic heterocycles. The molecule has 1 aromatic rings. The van der Waals surface area contributed by atoms with Crippen LogP contribution < -0.4 is 5.32 Å². The highest BCUT2D eigenvalue weighted by atomic mass is 16.5. The molecule has 0 aromatic carbocycles. The van der Waals surface area contributed by atoms with E-state index in [2.05, 4.69) is 22.4 Å². The molecule has 4 nitrogen and oxygen atoms in total. The van der Waals surface area contributed by atoms with Crippen LogP contribution in [0.1, 0.15) is 38.8 Å². The lowest BCUT2D eigenvalue weighted by atomic mass is 10.1. The predicted octanol–water partition coefficient (Wildman–Crippen LogP) is 1.94. The maximum absolute atomic E-state index is 5.64. The van der Waals surface area contributed by atoms with E-state index in [9.17, 15) is 0 Å². The molecular formula is C12H21N3O. The van der Waals surface area contributed by atoms with E-state index in [0.717, 1.165) is 18.5 Å². The van der Waals surface area contributed by atoms with Gasteiger partial charge in [-0.15, -0.1) is 0 Å². The second-order valence-corrected chi connectivity index (χ2v) is 4.06. The van der Waals surface area contributed by atoms with E-state index in [4.69, 9.17) is 4.74 Å². The van der Waals surface area contributed by atoms with Crippen molar-refractivity contribution < 1.29 is 4.74 Å². The summed E-state index contributed by atoms with van der Waals surface area (Å²) >= 11 is 0. The SMILES string of the molecule is CCCNC(COC(C)C)c1ccnnc1. The van der Waals surface area contributed by atoms with E-state index < -0.39 is 0 Å². The summed E-state index contributed by atoms with van der Waals surface area (Å²) in [6, 6.07) is 2.18. The van der Waals surface area contributed by atoms with E-state index >= 15 is 0 Å². The number of hydrogen-bond donors (Lipinski definition) is 1. The Morgan fingerprint density at radius 2 is 2.19 bits per heavy atom. The predicted molar refractivity (Wildman–Crippen MR) is 64.2 cm³/mol. The quantitative estimate of drug-likeness (QED) is 0.767. The van der Waals surface area contributed by atoms with Gasteiger partial charge in [-0.1, -0.05) is 6.92 Å². The fourth-order valence-electron chi connectivity index (χ4n) is 1.39. The Hall–Kier alpha value is -1.00. The summed E-state index contributed by atoms with van der Waals surface area (Å²) in [5.74, 6) is 0. The van der Waals surface area contributed by atoms with Crippen LogP contribution in [-0.2, 0) is 4.74 Å². The van der Waals surface area contributed by atoms with Crippen molar-refractivity contribution in [3.63, 3.8) is 0 Å². The number of nitrogens with one attached hydrogen (secondary N) is 1. The van der Waals surface area contributed by atoms with Gasteiger partial charge >= 0.3 is 0 Å². The van der Waals surface area contributed by atoms with E-state index in [0.29, 0.717) is 6.61 Å². The van der Waals surface area contributed by atoms with Crippen LogP contribution in [0.15, 0.2) is 18.5 Å². The van der Waals surface area contributed by atoms with Gasteiger partial charge in [0.05, 0.1) is 24.9 Å². The normalized spacial score (nSPS) is 13.0. The molecule has 4 heteroatoms. The molecule has 16 heavy (non-hydrogen) atoms. The van der Waals surface area contributed by atoms with Gasteiger partial charge in [-0.2, -0.15) is 10.2 Å². The Bertz CT molecular complexity index is 277. The monoisotopic (exact) mass is 223 g/mol. The molecule has 0 saturated carbocycles. The van der Waals surface area contributed by atoms with Gasteiger partial charge in [0, 0.05) is 6.20 Å². The second kappa shape index (κ2) is 7.30. The van der Waals surface area contributed by atoms with Crippen molar-refractivity contribution in [1.29, 1.82) is 0 Å². The van der Waals surface area contributed by atoms with Crippen LogP contribution in [0.4, 0.5) is 0 Å². The molecule has 0 bridgehead atoms. The molecule has 0 radical (unpaired) electrons. The maximum Gasteiger partial charge on any atom is 0.0665 e. The standard InChI is InChI=1S/C12H21N3O/c1-4-6-13-12(9-16-10(2)3)11-5-7-14-15-8-11/h5,7-8,10,12-13H,4,6,9H2,1-3H3. The van der Waals surface area contributed by atoms with Crippen molar-refractivity contribution in [2.75, 3.05) is 13.2 Å². The minimum absolute atomic E-state index is 0.206.